The average Bonchev–Trinajstić information content (AvgIpc) is 3.40. The van der Waals surface area contributed by atoms with E-state index in [1.54, 1.807) is 13.8 Å². The van der Waals surface area contributed by atoms with Crippen LogP contribution in [0.1, 0.15) is 43.4 Å². The Morgan fingerprint density at radius 2 is 0.857 bits per heavy atom. The quantitative estimate of drug-likeness (QED) is 0.0228. The molecule has 4 aliphatic heterocycles. The first kappa shape index (κ1) is 65.9. The van der Waals surface area contributed by atoms with Gasteiger partial charge in [-0.25, -0.2) is 9.59 Å². The van der Waals surface area contributed by atoms with E-state index < -0.39 is 198 Å². The molecular weight excluding hydrogens is 1120 g/mol. The molecule has 3 aromatic carbocycles. The SMILES string of the molecule is CC(C)C[C@](CC(=O)OCc1ccc(O[C@@H]2O[C@H](CO)[C@@H](O)[C@H](O)[C@H]2O)cc1)(O[C@@H]1O[C@H](CO)[C@@H](O)[C@H](O)[C@H]1OC(=O)/C=C\c1ccc(O[C@@H]2O[C@H](CO)[C@@H](O)[C@H](O)[C@H]2O)cc1)C(=O)OCc1ccc(O[C@@H]2O[C@H](CO)[C@@H](O)[C@H](O)[C@H]2O)cc1. The summed E-state index contributed by atoms with van der Waals surface area (Å²) in [5, 5.41) is 154. The molecule has 466 valence electrons. The first-order valence-electron chi connectivity index (χ1n) is 26.7. The third kappa shape index (κ3) is 16.1. The van der Waals surface area contributed by atoms with Gasteiger partial charge in [-0.15, -0.1) is 0 Å². The molecule has 7 rings (SSSR count). The molecule has 29 nitrogen and oxygen atoms in total. The zero-order valence-corrected chi connectivity index (χ0v) is 45.3. The van der Waals surface area contributed by atoms with E-state index in [0.29, 0.717) is 16.7 Å². The summed E-state index contributed by atoms with van der Waals surface area (Å²) in [5.41, 5.74) is -1.41. The molecule has 0 saturated carbocycles. The van der Waals surface area contributed by atoms with Crippen molar-refractivity contribution in [3.63, 3.8) is 0 Å². The summed E-state index contributed by atoms with van der Waals surface area (Å²) in [6.07, 6.45) is -32.0. The number of hydrogen-bond donors (Lipinski definition) is 15. The predicted molar refractivity (Wildman–Crippen MR) is 277 cm³/mol. The lowest BCUT2D eigenvalue weighted by Crippen LogP contribution is -2.63. The second-order valence-electron chi connectivity index (χ2n) is 20.9. The lowest BCUT2D eigenvalue weighted by molar-refractivity contribution is -0.328. The highest BCUT2D eigenvalue weighted by atomic mass is 16.7. The Morgan fingerprint density at radius 3 is 1.25 bits per heavy atom. The molecule has 0 amide bonds. The number of carbonyl (C=O) groups excluding carboxylic acids is 3. The minimum Gasteiger partial charge on any atom is -0.462 e. The smallest absolute Gasteiger partial charge is 0.339 e. The van der Waals surface area contributed by atoms with Crippen LogP contribution in [0, 0.1) is 5.92 Å². The maximum absolute atomic E-state index is 14.8. The molecule has 4 aliphatic rings. The maximum atomic E-state index is 14.8. The van der Waals surface area contributed by atoms with Crippen LogP contribution in [0.25, 0.3) is 6.08 Å². The van der Waals surface area contributed by atoms with Crippen LogP contribution in [-0.4, -0.2) is 249 Å². The van der Waals surface area contributed by atoms with E-state index >= 15 is 0 Å². The summed E-state index contributed by atoms with van der Waals surface area (Å²) in [5.74, 6) is -3.68. The first-order valence-corrected chi connectivity index (χ1v) is 26.7. The highest BCUT2D eigenvalue weighted by Gasteiger charge is 2.54. The lowest BCUT2D eigenvalue weighted by atomic mass is 9.88. The monoisotopic (exact) mass is 1200 g/mol. The normalized spacial score (nSPS) is 34.3. The van der Waals surface area contributed by atoms with E-state index in [4.69, 9.17) is 52.1 Å². The fourth-order valence-electron chi connectivity index (χ4n) is 9.47. The van der Waals surface area contributed by atoms with Crippen LogP contribution in [0.15, 0.2) is 78.9 Å². The Labute approximate surface area is 479 Å². The van der Waals surface area contributed by atoms with E-state index in [-0.39, 0.29) is 23.7 Å². The number of hydrogen-bond acceptors (Lipinski definition) is 29. The van der Waals surface area contributed by atoms with Crippen molar-refractivity contribution in [1.82, 2.24) is 0 Å². The predicted octanol–water partition coefficient (Wildman–Crippen LogP) is -4.73. The minimum absolute atomic E-state index is 0.0762. The molecule has 0 aromatic heterocycles. The second-order valence-corrected chi connectivity index (χ2v) is 20.9. The molecule has 3 aromatic rings. The highest BCUT2D eigenvalue weighted by molar-refractivity contribution is 5.87. The van der Waals surface area contributed by atoms with E-state index in [0.717, 1.165) is 6.08 Å². The average molecular weight is 1200 g/mol. The molecule has 0 bridgehead atoms. The molecule has 84 heavy (non-hydrogen) atoms. The van der Waals surface area contributed by atoms with E-state index in [1.165, 1.54) is 78.9 Å². The van der Waals surface area contributed by atoms with Crippen LogP contribution < -0.4 is 14.2 Å². The molecule has 0 aliphatic carbocycles. The zero-order valence-electron chi connectivity index (χ0n) is 45.3. The van der Waals surface area contributed by atoms with Gasteiger partial charge in [-0.05, 0) is 71.5 Å². The van der Waals surface area contributed by atoms with Crippen LogP contribution in [0.3, 0.4) is 0 Å². The minimum atomic E-state index is -2.44. The number of esters is 3. The summed E-state index contributed by atoms with van der Waals surface area (Å²) < 4.78 is 62.4. The number of aliphatic hydroxyl groups is 15. The fraction of sp³-hybridized carbons (Fsp3) is 0.582. The Hall–Kier alpha value is -5.59. The number of rotatable bonds is 24. The van der Waals surface area contributed by atoms with Gasteiger partial charge in [0.1, 0.15) is 122 Å². The van der Waals surface area contributed by atoms with Gasteiger partial charge in [-0.2, -0.15) is 0 Å². The third-order valence-electron chi connectivity index (χ3n) is 14.2. The molecule has 21 atom stereocenters. The summed E-state index contributed by atoms with van der Waals surface area (Å²) in [6.45, 7) is -0.619. The number of benzene rings is 3. The standard InChI is InChI=1S/C55H72O29/c1-25(2)17-55(54(73)75-24-28-7-14-31(15-8-28)78-52-48(72)44(68)40(64)34(21-58)81-52,18-37(61)74-23-27-5-12-30(13-6-27)77-51-47(71)43(67)39(63)33(20-57)80-51)84-53-49(45(69)41(65)35(22-59)82-53)83-36(60)16-9-26-3-10-29(11-4-26)76-50-46(70)42(66)38(62)32(19-56)79-50/h3-16,25,32-35,38-53,56-59,62-72H,17-24H2,1-2H3/b16-9-/t32-,33-,34-,35-,38-,39-,40-,41-,42+,43+,44+,45+,46-,47-,48-,49-,50-,51-,52-,53+,55-/m1/s1. The number of aliphatic hydroxyl groups excluding tert-OH is 15. The summed E-state index contributed by atoms with van der Waals surface area (Å²) in [7, 11) is 0. The molecule has 4 saturated heterocycles. The molecule has 4 heterocycles. The van der Waals surface area contributed by atoms with Gasteiger partial charge in [-0.3, -0.25) is 4.79 Å². The van der Waals surface area contributed by atoms with Crippen molar-refractivity contribution >= 4 is 24.0 Å². The van der Waals surface area contributed by atoms with Crippen molar-refractivity contribution in [2.75, 3.05) is 26.4 Å². The van der Waals surface area contributed by atoms with E-state index in [1.807, 2.05) is 0 Å². The molecule has 0 unspecified atom stereocenters. The Bertz CT molecular complexity index is 2580. The summed E-state index contributed by atoms with van der Waals surface area (Å²) in [6, 6.07) is 17.1. The zero-order chi connectivity index (χ0) is 61.2. The van der Waals surface area contributed by atoms with Gasteiger partial charge < -0.3 is 129 Å². The van der Waals surface area contributed by atoms with Gasteiger partial charge in [0.2, 0.25) is 18.9 Å². The highest BCUT2D eigenvalue weighted by Crippen LogP contribution is 2.36. The largest absolute Gasteiger partial charge is 0.462 e. The van der Waals surface area contributed by atoms with Crippen molar-refractivity contribution in [2.45, 2.75) is 168 Å². The van der Waals surface area contributed by atoms with Crippen LogP contribution in [-0.2, 0) is 65.5 Å². The van der Waals surface area contributed by atoms with Gasteiger partial charge in [-0.1, -0.05) is 50.2 Å². The van der Waals surface area contributed by atoms with Gasteiger partial charge in [0, 0.05) is 6.08 Å². The Balaban J connectivity index is 1.09. The molecule has 0 spiro atoms. The summed E-state index contributed by atoms with van der Waals surface area (Å²) in [4.78, 5) is 42.4. The maximum Gasteiger partial charge on any atom is 0.339 e. The van der Waals surface area contributed by atoms with Gasteiger partial charge in [0.05, 0.1) is 32.8 Å². The van der Waals surface area contributed by atoms with Crippen LogP contribution >= 0.6 is 0 Å². The van der Waals surface area contributed by atoms with Gasteiger partial charge in [0.25, 0.3) is 0 Å². The lowest BCUT2D eigenvalue weighted by Gasteiger charge is -2.44. The fourth-order valence-corrected chi connectivity index (χ4v) is 9.47. The number of carbonyl (C=O) groups is 3. The molecule has 15 N–H and O–H groups in total. The Kier molecular flexibility index (Phi) is 23.3. The van der Waals surface area contributed by atoms with Crippen molar-refractivity contribution in [2.24, 2.45) is 5.92 Å². The van der Waals surface area contributed by atoms with Crippen LogP contribution in [0.2, 0.25) is 0 Å². The molecular formula is C55H72O29. The first-order chi connectivity index (χ1) is 40.0. The molecule has 4 fully saturated rings. The number of ether oxygens (including phenoxy) is 11. The van der Waals surface area contributed by atoms with Gasteiger partial charge >= 0.3 is 17.9 Å². The Morgan fingerprint density at radius 1 is 0.488 bits per heavy atom. The molecule has 29 heteroatoms. The third-order valence-corrected chi connectivity index (χ3v) is 14.2. The summed E-state index contributed by atoms with van der Waals surface area (Å²) >= 11 is 0. The van der Waals surface area contributed by atoms with E-state index in [9.17, 15) is 91.0 Å². The van der Waals surface area contributed by atoms with E-state index in [2.05, 4.69) is 0 Å². The van der Waals surface area contributed by atoms with Crippen molar-refractivity contribution < 1.29 is 143 Å². The van der Waals surface area contributed by atoms with Crippen molar-refractivity contribution in [3.8, 4) is 17.2 Å². The second kappa shape index (κ2) is 29.7. The van der Waals surface area contributed by atoms with Crippen molar-refractivity contribution in [3.05, 3.63) is 95.6 Å². The van der Waals surface area contributed by atoms with Crippen LogP contribution in [0.4, 0.5) is 0 Å². The van der Waals surface area contributed by atoms with Crippen LogP contribution in [0.5, 0.6) is 17.2 Å². The topological polar surface area (TPSA) is 456 Å². The van der Waals surface area contributed by atoms with Crippen molar-refractivity contribution in [1.29, 1.82) is 0 Å². The van der Waals surface area contributed by atoms with Gasteiger partial charge in [0.15, 0.2) is 18.0 Å². The molecule has 0 radical (unpaired) electrons.